The second-order valence-electron chi connectivity index (χ2n) is 3.82. The summed E-state index contributed by atoms with van der Waals surface area (Å²) in [6.07, 6.45) is 4.69. The Hall–Kier alpha value is -1.31. The third-order valence-electron chi connectivity index (χ3n) is 2.61. The second kappa shape index (κ2) is 5.54. The Morgan fingerprint density at radius 3 is 2.73 bits per heavy atom. The van der Waals surface area contributed by atoms with Crippen molar-refractivity contribution < 1.29 is 4.74 Å². The van der Waals surface area contributed by atoms with Gasteiger partial charge in [0.2, 0.25) is 0 Å². The van der Waals surface area contributed by atoms with Crippen molar-refractivity contribution in [3.05, 3.63) is 30.3 Å². The molecule has 0 amide bonds. The van der Waals surface area contributed by atoms with Gasteiger partial charge in [-0.25, -0.2) is 0 Å². The average molecular weight is 203 g/mol. The van der Waals surface area contributed by atoms with Gasteiger partial charge in [0.1, 0.15) is 5.75 Å². The van der Waals surface area contributed by atoms with Crippen LogP contribution in [-0.2, 0) is 0 Å². The number of para-hydroxylation sites is 1. The van der Waals surface area contributed by atoms with Crippen molar-refractivity contribution >= 4 is 5.71 Å². The molecule has 2 heteroatoms. The highest BCUT2D eigenvalue weighted by Gasteiger charge is 2.04. The fourth-order valence-electron chi connectivity index (χ4n) is 1.76. The normalized spacial score (nSPS) is 15.9. The standard InChI is InChI=1S/C13H17NO/c1-2-7-13(8-3-1)15-11-9-12-6-4-5-10-14-12/h1-3,7-8H,4-6,9-11H2. The Balaban J connectivity index is 1.73. The molecule has 0 saturated heterocycles. The van der Waals surface area contributed by atoms with Gasteiger partial charge in [0.05, 0.1) is 6.61 Å². The molecule has 0 spiro atoms. The molecular weight excluding hydrogens is 186 g/mol. The van der Waals surface area contributed by atoms with Crippen molar-refractivity contribution in [2.75, 3.05) is 13.2 Å². The van der Waals surface area contributed by atoms with Gasteiger partial charge >= 0.3 is 0 Å². The maximum Gasteiger partial charge on any atom is 0.119 e. The van der Waals surface area contributed by atoms with Crippen LogP contribution in [0.25, 0.3) is 0 Å². The van der Waals surface area contributed by atoms with Gasteiger partial charge in [-0.05, 0) is 31.4 Å². The second-order valence-corrected chi connectivity index (χ2v) is 3.82. The number of hydrogen-bond acceptors (Lipinski definition) is 2. The molecule has 2 nitrogen and oxygen atoms in total. The topological polar surface area (TPSA) is 21.6 Å². The van der Waals surface area contributed by atoms with E-state index < -0.39 is 0 Å². The van der Waals surface area contributed by atoms with Crippen LogP contribution in [0.4, 0.5) is 0 Å². The predicted molar refractivity (Wildman–Crippen MR) is 62.7 cm³/mol. The molecule has 0 fully saturated rings. The summed E-state index contributed by atoms with van der Waals surface area (Å²) in [4.78, 5) is 4.50. The highest BCUT2D eigenvalue weighted by Crippen LogP contribution is 2.11. The summed E-state index contributed by atoms with van der Waals surface area (Å²) in [5.74, 6) is 0.953. The fraction of sp³-hybridized carbons (Fsp3) is 0.462. The van der Waals surface area contributed by atoms with Gasteiger partial charge in [-0.2, -0.15) is 0 Å². The van der Waals surface area contributed by atoms with E-state index in [0.717, 1.165) is 31.7 Å². The molecule has 80 valence electrons. The van der Waals surface area contributed by atoms with Gasteiger partial charge in [0.25, 0.3) is 0 Å². The van der Waals surface area contributed by atoms with Gasteiger partial charge in [0.15, 0.2) is 0 Å². The molecule has 0 radical (unpaired) electrons. The van der Waals surface area contributed by atoms with E-state index in [9.17, 15) is 0 Å². The zero-order chi connectivity index (χ0) is 10.3. The first-order chi connectivity index (χ1) is 7.45. The Morgan fingerprint density at radius 2 is 2.00 bits per heavy atom. The summed E-state index contributed by atoms with van der Waals surface area (Å²) in [6, 6.07) is 9.96. The van der Waals surface area contributed by atoms with E-state index in [2.05, 4.69) is 4.99 Å². The van der Waals surface area contributed by atoms with Crippen molar-refractivity contribution in [2.45, 2.75) is 25.7 Å². The molecule has 1 aliphatic heterocycles. The van der Waals surface area contributed by atoms with Crippen molar-refractivity contribution in [1.82, 2.24) is 0 Å². The van der Waals surface area contributed by atoms with Gasteiger partial charge in [-0.1, -0.05) is 18.2 Å². The zero-order valence-electron chi connectivity index (χ0n) is 8.98. The van der Waals surface area contributed by atoms with Crippen molar-refractivity contribution in [3.8, 4) is 5.75 Å². The van der Waals surface area contributed by atoms with Crippen LogP contribution in [0.2, 0.25) is 0 Å². The lowest BCUT2D eigenvalue weighted by atomic mass is 10.1. The van der Waals surface area contributed by atoms with Crippen LogP contribution < -0.4 is 4.74 Å². The first kappa shape index (κ1) is 10.2. The Kier molecular flexibility index (Phi) is 3.77. The van der Waals surface area contributed by atoms with E-state index in [1.165, 1.54) is 18.6 Å². The van der Waals surface area contributed by atoms with E-state index in [-0.39, 0.29) is 0 Å². The van der Waals surface area contributed by atoms with E-state index in [1.807, 2.05) is 30.3 Å². The first-order valence-corrected chi connectivity index (χ1v) is 5.65. The molecule has 1 aromatic carbocycles. The number of ether oxygens (including phenoxy) is 1. The fourth-order valence-corrected chi connectivity index (χ4v) is 1.76. The Morgan fingerprint density at radius 1 is 1.13 bits per heavy atom. The number of nitrogens with zero attached hydrogens (tertiary/aromatic N) is 1. The monoisotopic (exact) mass is 203 g/mol. The molecule has 0 aromatic heterocycles. The Bertz CT molecular complexity index is 319. The average Bonchev–Trinajstić information content (AvgIpc) is 2.32. The number of aliphatic imine (C=N–C) groups is 1. The van der Waals surface area contributed by atoms with Crippen LogP contribution in [0.3, 0.4) is 0 Å². The third kappa shape index (κ3) is 3.39. The zero-order valence-corrected chi connectivity index (χ0v) is 8.98. The number of rotatable bonds is 4. The molecule has 0 N–H and O–H groups in total. The lowest BCUT2D eigenvalue weighted by Gasteiger charge is -2.12. The van der Waals surface area contributed by atoms with Crippen LogP contribution in [-0.4, -0.2) is 18.9 Å². The lowest BCUT2D eigenvalue weighted by molar-refractivity contribution is 0.328. The molecule has 1 aliphatic rings. The number of benzene rings is 1. The highest BCUT2D eigenvalue weighted by molar-refractivity contribution is 5.85. The minimum atomic E-state index is 0.753. The van der Waals surface area contributed by atoms with Crippen LogP contribution in [0.5, 0.6) is 5.75 Å². The quantitative estimate of drug-likeness (QED) is 0.737. The Labute approximate surface area is 91.0 Å². The molecule has 0 atom stereocenters. The van der Waals surface area contributed by atoms with Crippen molar-refractivity contribution in [3.63, 3.8) is 0 Å². The molecule has 1 heterocycles. The summed E-state index contributed by atoms with van der Waals surface area (Å²) in [5, 5.41) is 0. The summed E-state index contributed by atoms with van der Waals surface area (Å²) in [7, 11) is 0. The van der Waals surface area contributed by atoms with Gasteiger partial charge in [-0.15, -0.1) is 0 Å². The van der Waals surface area contributed by atoms with Crippen LogP contribution in [0, 0.1) is 0 Å². The van der Waals surface area contributed by atoms with Gasteiger partial charge in [0, 0.05) is 18.7 Å². The lowest BCUT2D eigenvalue weighted by Crippen LogP contribution is -2.10. The molecule has 15 heavy (non-hydrogen) atoms. The molecule has 0 aliphatic carbocycles. The molecule has 0 unspecified atom stereocenters. The van der Waals surface area contributed by atoms with Crippen LogP contribution in [0.1, 0.15) is 25.7 Å². The van der Waals surface area contributed by atoms with Crippen LogP contribution >= 0.6 is 0 Å². The largest absolute Gasteiger partial charge is 0.493 e. The van der Waals surface area contributed by atoms with Gasteiger partial charge < -0.3 is 4.74 Å². The summed E-state index contributed by atoms with van der Waals surface area (Å²) in [5.41, 5.74) is 1.33. The van der Waals surface area contributed by atoms with E-state index in [4.69, 9.17) is 4.74 Å². The van der Waals surface area contributed by atoms with E-state index in [1.54, 1.807) is 0 Å². The van der Waals surface area contributed by atoms with Gasteiger partial charge in [-0.3, -0.25) is 4.99 Å². The SMILES string of the molecule is c1ccc(OCCC2=NCCCC2)cc1. The van der Waals surface area contributed by atoms with Crippen LogP contribution in [0.15, 0.2) is 35.3 Å². The van der Waals surface area contributed by atoms with Crippen molar-refractivity contribution in [2.24, 2.45) is 4.99 Å². The number of hydrogen-bond donors (Lipinski definition) is 0. The molecule has 0 saturated carbocycles. The predicted octanol–water partition coefficient (Wildman–Crippen LogP) is 3.08. The summed E-state index contributed by atoms with van der Waals surface area (Å²) >= 11 is 0. The summed E-state index contributed by atoms with van der Waals surface area (Å²) < 4.78 is 5.63. The maximum absolute atomic E-state index is 5.63. The first-order valence-electron chi connectivity index (χ1n) is 5.65. The molecular formula is C13H17NO. The summed E-state index contributed by atoms with van der Waals surface area (Å²) in [6.45, 7) is 1.77. The third-order valence-corrected chi connectivity index (χ3v) is 2.61. The maximum atomic E-state index is 5.63. The molecule has 2 rings (SSSR count). The van der Waals surface area contributed by atoms with Crippen molar-refractivity contribution in [1.29, 1.82) is 0 Å². The smallest absolute Gasteiger partial charge is 0.119 e. The minimum absolute atomic E-state index is 0.753. The highest BCUT2D eigenvalue weighted by atomic mass is 16.5. The molecule has 1 aromatic rings. The van der Waals surface area contributed by atoms with E-state index >= 15 is 0 Å². The molecule has 0 bridgehead atoms. The minimum Gasteiger partial charge on any atom is -0.493 e. The van der Waals surface area contributed by atoms with E-state index in [0.29, 0.717) is 0 Å².